The van der Waals surface area contributed by atoms with Gasteiger partial charge in [0, 0.05) is 24.3 Å². The van der Waals surface area contributed by atoms with Crippen molar-refractivity contribution >= 4 is 45.9 Å². The van der Waals surface area contributed by atoms with Gasteiger partial charge in [-0.15, -0.1) is 0 Å². The maximum Gasteiger partial charge on any atom is 0.262 e. The zero-order valence-electron chi connectivity index (χ0n) is 16.1. The zero-order chi connectivity index (χ0) is 20.3. The molecule has 0 N–H and O–H groups in total. The Morgan fingerprint density at radius 2 is 1.96 bits per heavy atom. The number of aromatic nitrogens is 2. The Hall–Kier alpha value is -2.31. The molecule has 0 aliphatic rings. The van der Waals surface area contributed by atoms with Crippen LogP contribution in [0.3, 0.4) is 0 Å². The number of nitrogens with zero attached hydrogens (tertiary/aromatic N) is 3. The van der Waals surface area contributed by atoms with Crippen molar-refractivity contribution in [1.82, 2.24) is 9.55 Å². The molecule has 0 radical (unpaired) electrons. The standard InChI is InChI=1S/C21H22ClN3O2S/c1-4-12-25-20(27)17-11-10-15(22)13-18(17)23-21(25)28-14(2)19(26)24(3)16-8-6-5-7-9-16/h5-11,13-14H,4,12H2,1-3H3/t14-/m1/s1. The molecular formula is C21H22ClN3O2S. The summed E-state index contributed by atoms with van der Waals surface area (Å²) in [5, 5.41) is 1.18. The van der Waals surface area contributed by atoms with E-state index >= 15 is 0 Å². The highest BCUT2D eigenvalue weighted by atomic mass is 35.5. The fourth-order valence-corrected chi connectivity index (χ4v) is 4.14. The molecule has 146 valence electrons. The number of rotatable bonds is 6. The number of carbonyl (C=O) groups excluding carboxylic acids is 1. The van der Waals surface area contributed by atoms with Gasteiger partial charge < -0.3 is 4.90 Å². The van der Waals surface area contributed by atoms with Crippen molar-refractivity contribution < 1.29 is 4.79 Å². The Morgan fingerprint density at radius 1 is 1.25 bits per heavy atom. The van der Waals surface area contributed by atoms with E-state index < -0.39 is 5.25 Å². The molecule has 5 nitrogen and oxygen atoms in total. The van der Waals surface area contributed by atoms with Gasteiger partial charge in [0.1, 0.15) is 0 Å². The highest BCUT2D eigenvalue weighted by Gasteiger charge is 2.23. The number of benzene rings is 2. The fraction of sp³-hybridized carbons (Fsp3) is 0.286. The monoisotopic (exact) mass is 415 g/mol. The van der Waals surface area contributed by atoms with Crippen LogP contribution in [0.15, 0.2) is 58.5 Å². The number of anilines is 1. The second-order valence-electron chi connectivity index (χ2n) is 6.51. The molecule has 0 unspecified atom stereocenters. The van der Waals surface area contributed by atoms with Gasteiger partial charge in [-0.2, -0.15) is 0 Å². The third-order valence-corrected chi connectivity index (χ3v) is 5.75. The number of thioether (sulfide) groups is 1. The molecule has 0 fully saturated rings. The molecule has 2 aromatic carbocycles. The molecule has 1 atom stereocenters. The van der Waals surface area contributed by atoms with Gasteiger partial charge in [-0.05, 0) is 43.7 Å². The van der Waals surface area contributed by atoms with Crippen molar-refractivity contribution in [3.63, 3.8) is 0 Å². The maximum absolute atomic E-state index is 12.9. The molecule has 0 aliphatic carbocycles. The number of amides is 1. The minimum absolute atomic E-state index is 0.0558. The average molecular weight is 416 g/mol. The first-order valence-corrected chi connectivity index (χ1v) is 10.4. The van der Waals surface area contributed by atoms with Crippen molar-refractivity contribution in [2.75, 3.05) is 11.9 Å². The first-order valence-electron chi connectivity index (χ1n) is 9.11. The Bertz CT molecular complexity index is 1050. The molecule has 28 heavy (non-hydrogen) atoms. The molecule has 0 aliphatic heterocycles. The predicted molar refractivity (Wildman–Crippen MR) is 116 cm³/mol. The molecule has 0 saturated heterocycles. The number of hydrogen-bond acceptors (Lipinski definition) is 4. The van der Waals surface area contributed by atoms with Crippen molar-refractivity contribution in [2.24, 2.45) is 0 Å². The summed E-state index contributed by atoms with van der Waals surface area (Å²) in [6, 6.07) is 14.5. The predicted octanol–water partition coefficient (Wildman–Crippen LogP) is 4.60. The Morgan fingerprint density at radius 3 is 2.64 bits per heavy atom. The second-order valence-corrected chi connectivity index (χ2v) is 8.25. The van der Waals surface area contributed by atoms with Gasteiger partial charge in [-0.3, -0.25) is 14.2 Å². The van der Waals surface area contributed by atoms with Gasteiger partial charge in [0.15, 0.2) is 5.16 Å². The smallest absolute Gasteiger partial charge is 0.262 e. The third-order valence-electron chi connectivity index (χ3n) is 4.43. The van der Waals surface area contributed by atoms with E-state index in [-0.39, 0.29) is 11.5 Å². The van der Waals surface area contributed by atoms with E-state index in [1.807, 2.05) is 44.2 Å². The largest absolute Gasteiger partial charge is 0.315 e. The fourth-order valence-electron chi connectivity index (χ4n) is 2.94. The summed E-state index contributed by atoms with van der Waals surface area (Å²) in [6.07, 6.45) is 0.792. The SMILES string of the molecule is CCCn1c(S[C@H](C)C(=O)N(C)c2ccccc2)nc2cc(Cl)ccc2c1=O. The van der Waals surface area contributed by atoms with Crippen molar-refractivity contribution in [3.8, 4) is 0 Å². The van der Waals surface area contributed by atoms with Crippen molar-refractivity contribution in [3.05, 3.63) is 63.9 Å². The lowest BCUT2D eigenvalue weighted by Gasteiger charge is -2.22. The summed E-state index contributed by atoms with van der Waals surface area (Å²) in [6.45, 7) is 4.38. The first kappa shape index (κ1) is 20.4. The lowest BCUT2D eigenvalue weighted by Crippen LogP contribution is -2.34. The van der Waals surface area contributed by atoms with Gasteiger partial charge >= 0.3 is 0 Å². The minimum atomic E-state index is -0.406. The molecule has 1 heterocycles. The highest BCUT2D eigenvalue weighted by Crippen LogP contribution is 2.26. The van der Waals surface area contributed by atoms with E-state index in [2.05, 4.69) is 4.98 Å². The summed E-state index contributed by atoms with van der Waals surface area (Å²) in [5.74, 6) is -0.0558. The molecule has 3 rings (SSSR count). The van der Waals surface area contributed by atoms with Crippen LogP contribution < -0.4 is 10.5 Å². The lowest BCUT2D eigenvalue weighted by atomic mass is 10.2. The van der Waals surface area contributed by atoms with Crippen LogP contribution in [0.25, 0.3) is 10.9 Å². The van der Waals surface area contributed by atoms with Crippen LogP contribution >= 0.6 is 23.4 Å². The summed E-state index contributed by atoms with van der Waals surface area (Å²) < 4.78 is 1.65. The summed E-state index contributed by atoms with van der Waals surface area (Å²) >= 11 is 7.37. The summed E-state index contributed by atoms with van der Waals surface area (Å²) in [4.78, 5) is 32.1. The summed E-state index contributed by atoms with van der Waals surface area (Å²) in [5.41, 5.74) is 1.26. The molecule has 0 saturated carbocycles. The topological polar surface area (TPSA) is 55.2 Å². The van der Waals surface area contributed by atoms with Crippen LogP contribution in [-0.2, 0) is 11.3 Å². The van der Waals surface area contributed by atoms with Gasteiger partial charge in [0.05, 0.1) is 16.2 Å². The normalized spacial score (nSPS) is 12.1. The molecule has 1 amide bonds. The molecule has 0 bridgehead atoms. The highest BCUT2D eigenvalue weighted by molar-refractivity contribution is 8.00. The van der Waals surface area contributed by atoms with E-state index in [1.165, 1.54) is 11.8 Å². The lowest BCUT2D eigenvalue weighted by molar-refractivity contribution is -0.117. The Labute approximate surface area is 173 Å². The zero-order valence-corrected chi connectivity index (χ0v) is 17.6. The second kappa shape index (κ2) is 8.80. The molecule has 1 aromatic heterocycles. The number of hydrogen-bond donors (Lipinski definition) is 0. The van der Waals surface area contributed by atoms with Crippen LogP contribution in [0.4, 0.5) is 5.69 Å². The van der Waals surface area contributed by atoms with E-state index in [0.717, 1.165) is 12.1 Å². The average Bonchev–Trinajstić information content (AvgIpc) is 2.70. The van der Waals surface area contributed by atoms with Crippen LogP contribution in [0.1, 0.15) is 20.3 Å². The van der Waals surface area contributed by atoms with Crippen LogP contribution in [-0.4, -0.2) is 27.8 Å². The third kappa shape index (κ3) is 4.23. The van der Waals surface area contributed by atoms with Crippen molar-refractivity contribution in [1.29, 1.82) is 0 Å². The van der Waals surface area contributed by atoms with Gasteiger partial charge in [-0.25, -0.2) is 4.98 Å². The number of halogens is 1. The van der Waals surface area contributed by atoms with Crippen LogP contribution in [0.2, 0.25) is 5.02 Å². The van der Waals surface area contributed by atoms with Crippen LogP contribution in [0, 0.1) is 0 Å². The first-order chi connectivity index (χ1) is 13.4. The van der Waals surface area contributed by atoms with Gasteiger partial charge in [0.2, 0.25) is 5.91 Å². The number of carbonyl (C=O) groups is 1. The van der Waals surface area contributed by atoms with Gasteiger partial charge in [0.25, 0.3) is 5.56 Å². The van der Waals surface area contributed by atoms with E-state index in [1.54, 1.807) is 34.7 Å². The summed E-state index contributed by atoms with van der Waals surface area (Å²) in [7, 11) is 1.75. The molecule has 7 heteroatoms. The number of para-hydroxylation sites is 1. The Balaban J connectivity index is 1.95. The number of fused-ring (bicyclic) bond motifs is 1. The molecular weight excluding hydrogens is 394 g/mol. The van der Waals surface area contributed by atoms with Crippen LogP contribution in [0.5, 0.6) is 0 Å². The quantitative estimate of drug-likeness (QED) is 0.436. The van der Waals surface area contributed by atoms with E-state index in [4.69, 9.17) is 11.6 Å². The molecule has 0 spiro atoms. The van der Waals surface area contributed by atoms with E-state index in [0.29, 0.717) is 27.6 Å². The van der Waals surface area contributed by atoms with Gasteiger partial charge in [-0.1, -0.05) is 48.5 Å². The maximum atomic E-state index is 12.9. The minimum Gasteiger partial charge on any atom is -0.315 e. The molecule has 3 aromatic rings. The van der Waals surface area contributed by atoms with Crippen molar-refractivity contribution in [2.45, 2.75) is 37.2 Å². The Kier molecular flexibility index (Phi) is 6.42. The van der Waals surface area contributed by atoms with E-state index in [9.17, 15) is 9.59 Å².